The van der Waals surface area contributed by atoms with Crippen LogP contribution < -0.4 is 5.43 Å². The van der Waals surface area contributed by atoms with E-state index in [0.29, 0.717) is 5.52 Å². The van der Waals surface area contributed by atoms with Gasteiger partial charge in [-0.05, 0) is 24.3 Å². The Morgan fingerprint density at radius 2 is 1.89 bits per heavy atom. The minimum absolute atomic E-state index is 0.0631. The van der Waals surface area contributed by atoms with Crippen LogP contribution in [-0.4, -0.2) is 16.1 Å². The number of rotatable bonds is 1. The standard InChI is InChI=1S/C14H8FNO3/c15-9-5-1-4-8-12(9)16-10-6-2-3-7(14(18)19)11(10)13(8)17/h1-6H,(H,16,17)(H,18,19). The predicted octanol–water partition coefficient (Wildman–Crippen LogP) is 2.52. The highest BCUT2D eigenvalue weighted by molar-refractivity contribution is 6.05. The quantitative estimate of drug-likeness (QED) is 0.658. The van der Waals surface area contributed by atoms with E-state index >= 15 is 0 Å². The predicted molar refractivity (Wildman–Crippen MR) is 69.0 cm³/mol. The van der Waals surface area contributed by atoms with Gasteiger partial charge < -0.3 is 10.1 Å². The van der Waals surface area contributed by atoms with Crippen LogP contribution in [0.25, 0.3) is 21.8 Å². The van der Waals surface area contributed by atoms with E-state index in [0.717, 1.165) is 0 Å². The van der Waals surface area contributed by atoms with Crippen LogP contribution in [0.3, 0.4) is 0 Å². The average Bonchev–Trinajstić information content (AvgIpc) is 2.39. The minimum Gasteiger partial charge on any atom is -0.478 e. The highest BCUT2D eigenvalue weighted by atomic mass is 19.1. The van der Waals surface area contributed by atoms with E-state index < -0.39 is 17.2 Å². The van der Waals surface area contributed by atoms with Crippen LogP contribution in [0, 0.1) is 5.82 Å². The molecule has 0 amide bonds. The van der Waals surface area contributed by atoms with Crippen LogP contribution in [0.5, 0.6) is 0 Å². The molecule has 0 atom stereocenters. The summed E-state index contributed by atoms with van der Waals surface area (Å²) in [5.74, 6) is -1.73. The van der Waals surface area contributed by atoms with E-state index in [1.165, 1.54) is 30.3 Å². The molecular weight excluding hydrogens is 249 g/mol. The number of pyridine rings is 1. The molecule has 0 unspecified atom stereocenters. The lowest BCUT2D eigenvalue weighted by Crippen LogP contribution is -2.10. The van der Waals surface area contributed by atoms with Crippen molar-refractivity contribution in [3.63, 3.8) is 0 Å². The third kappa shape index (κ3) is 1.59. The number of carbonyl (C=O) groups is 1. The number of para-hydroxylation sites is 1. The largest absolute Gasteiger partial charge is 0.478 e. The maximum Gasteiger partial charge on any atom is 0.336 e. The van der Waals surface area contributed by atoms with Crippen LogP contribution in [0.2, 0.25) is 0 Å². The lowest BCUT2D eigenvalue weighted by molar-refractivity contribution is 0.0699. The molecule has 4 nitrogen and oxygen atoms in total. The van der Waals surface area contributed by atoms with Crippen molar-refractivity contribution < 1.29 is 14.3 Å². The van der Waals surface area contributed by atoms with Crippen LogP contribution in [-0.2, 0) is 0 Å². The molecule has 3 aromatic rings. The Morgan fingerprint density at radius 1 is 1.16 bits per heavy atom. The second-order valence-corrected chi connectivity index (χ2v) is 4.15. The lowest BCUT2D eigenvalue weighted by Gasteiger charge is -2.05. The molecule has 0 saturated heterocycles. The molecule has 94 valence electrons. The summed E-state index contributed by atoms with van der Waals surface area (Å²) in [7, 11) is 0. The second kappa shape index (κ2) is 3.91. The molecule has 0 radical (unpaired) electrons. The summed E-state index contributed by atoms with van der Waals surface area (Å²) in [5, 5.41) is 9.31. The molecule has 0 spiro atoms. The zero-order valence-corrected chi connectivity index (χ0v) is 9.61. The van der Waals surface area contributed by atoms with Gasteiger partial charge in [0.05, 0.1) is 22.0 Å². The molecule has 0 aliphatic heterocycles. The van der Waals surface area contributed by atoms with Crippen LogP contribution in [0.4, 0.5) is 4.39 Å². The molecule has 1 aromatic heterocycles. The number of hydrogen-bond acceptors (Lipinski definition) is 2. The zero-order chi connectivity index (χ0) is 13.6. The van der Waals surface area contributed by atoms with Gasteiger partial charge in [0.25, 0.3) is 0 Å². The summed E-state index contributed by atoms with van der Waals surface area (Å²) < 4.78 is 13.7. The van der Waals surface area contributed by atoms with Crippen LogP contribution in [0.15, 0.2) is 41.2 Å². The fourth-order valence-electron chi connectivity index (χ4n) is 2.19. The Morgan fingerprint density at radius 3 is 2.63 bits per heavy atom. The second-order valence-electron chi connectivity index (χ2n) is 4.15. The van der Waals surface area contributed by atoms with Crippen molar-refractivity contribution in [3.8, 4) is 0 Å². The normalized spacial score (nSPS) is 11.0. The first-order valence-corrected chi connectivity index (χ1v) is 5.56. The maximum atomic E-state index is 13.7. The first-order chi connectivity index (χ1) is 9.09. The van der Waals surface area contributed by atoms with Gasteiger partial charge in [-0.1, -0.05) is 12.1 Å². The molecule has 1 heterocycles. The van der Waals surface area contributed by atoms with E-state index in [4.69, 9.17) is 5.11 Å². The topological polar surface area (TPSA) is 70.2 Å². The highest BCUT2D eigenvalue weighted by Crippen LogP contribution is 2.19. The number of carboxylic acids is 1. The Labute approximate surface area is 106 Å². The van der Waals surface area contributed by atoms with Crippen molar-refractivity contribution in [1.82, 2.24) is 4.98 Å². The van der Waals surface area contributed by atoms with Crippen molar-refractivity contribution in [2.45, 2.75) is 0 Å². The number of aromatic carboxylic acids is 1. The van der Waals surface area contributed by atoms with Crippen LogP contribution in [0.1, 0.15) is 10.4 Å². The summed E-state index contributed by atoms with van der Waals surface area (Å²) >= 11 is 0. The molecule has 5 heteroatoms. The summed E-state index contributed by atoms with van der Waals surface area (Å²) in [4.78, 5) is 26.2. The molecule has 3 rings (SSSR count). The number of H-pyrrole nitrogens is 1. The highest BCUT2D eigenvalue weighted by Gasteiger charge is 2.14. The first-order valence-electron chi connectivity index (χ1n) is 5.56. The zero-order valence-electron chi connectivity index (χ0n) is 9.61. The molecule has 0 bridgehead atoms. The van der Waals surface area contributed by atoms with Gasteiger partial charge in [-0.3, -0.25) is 4.79 Å². The third-order valence-corrected chi connectivity index (χ3v) is 3.04. The van der Waals surface area contributed by atoms with Gasteiger partial charge in [-0.25, -0.2) is 9.18 Å². The maximum absolute atomic E-state index is 13.7. The van der Waals surface area contributed by atoms with E-state index in [-0.39, 0.29) is 21.9 Å². The number of aromatic nitrogens is 1. The third-order valence-electron chi connectivity index (χ3n) is 3.04. The van der Waals surface area contributed by atoms with Gasteiger partial charge in [-0.15, -0.1) is 0 Å². The fourth-order valence-corrected chi connectivity index (χ4v) is 2.19. The number of halogens is 1. The van der Waals surface area contributed by atoms with Crippen LogP contribution >= 0.6 is 0 Å². The van der Waals surface area contributed by atoms with Crippen molar-refractivity contribution in [3.05, 3.63) is 58.0 Å². The molecular formula is C14H8FNO3. The first kappa shape index (κ1) is 11.4. The van der Waals surface area contributed by atoms with Gasteiger partial charge >= 0.3 is 5.97 Å². The Balaban J connectivity index is 2.63. The molecule has 0 aliphatic carbocycles. The molecule has 19 heavy (non-hydrogen) atoms. The van der Waals surface area contributed by atoms with Gasteiger partial charge in [0.15, 0.2) is 5.43 Å². The SMILES string of the molecule is O=C(O)c1cccc2[nH]c3c(F)cccc3c(=O)c12. The number of aromatic amines is 1. The molecule has 0 aliphatic rings. The lowest BCUT2D eigenvalue weighted by atomic mass is 10.0. The van der Waals surface area contributed by atoms with Crippen molar-refractivity contribution in [1.29, 1.82) is 0 Å². The van der Waals surface area contributed by atoms with Crippen molar-refractivity contribution in [2.24, 2.45) is 0 Å². The van der Waals surface area contributed by atoms with E-state index in [9.17, 15) is 14.0 Å². The van der Waals surface area contributed by atoms with E-state index in [1.807, 2.05) is 0 Å². The summed E-state index contributed by atoms with van der Waals surface area (Å²) in [6.07, 6.45) is 0. The fraction of sp³-hybridized carbons (Fsp3) is 0. The summed E-state index contributed by atoms with van der Waals surface area (Å²) in [5.41, 5.74) is -0.184. The molecule has 2 N–H and O–H groups in total. The summed E-state index contributed by atoms with van der Waals surface area (Å²) in [6.45, 7) is 0. The van der Waals surface area contributed by atoms with E-state index in [1.54, 1.807) is 6.07 Å². The average molecular weight is 257 g/mol. The van der Waals surface area contributed by atoms with Crippen molar-refractivity contribution >= 4 is 27.8 Å². The number of nitrogens with one attached hydrogen (secondary N) is 1. The molecule has 0 fully saturated rings. The Kier molecular flexibility index (Phi) is 2.35. The number of carboxylic acid groups (broad SMARTS) is 1. The van der Waals surface area contributed by atoms with Gasteiger partial charge in [0.1, 0.15) is 5.82 Å². The monoisotopic (exact) mass is 257 g/mol. The Bertz CT molecular complexity index is 883. The van der Waals surface area contributed by atoms with Crippen molar-refractivity contribution in [2.75, 3.05) is 0 Å². The number of benzene rings is 2. The smallest absolute Gasteiger partial charge is 0.336 e. The molecule has 0 saturated carbocycles. The summed E-state index contributed by atoms with van der Waals surface area (Å²) in [6, 6.07) is 8.54. The molecule has 2 aromatic carbocycles. The van der Waals surface area contributed by atoms with Gasteiger partial charge in [0, 0.05) is 5.39 Å². The van der Waals surface area contributed by atoms with Gasteiger partial charge in [-0.2, -0.15) is 0 Å². The number of hydrogen-bond donors (Lipinski definition) is 2. The van der Waals surface area contributed by atoms with Gasteiger partial charge in [0.2, 0.25) is 0 Å². The Hall–Kier alpha value is -2.69. The van der Waals surface area contributed by atoms with E-state index in [2.05, 4.69) is 4.98 Å². The minimum atomic E-state index is -1.19. The number of fused-ring (bicyclic) bond motifs is 2.